The molecule has 4 aromatic rings. The third-order valence-corrected chi connectivity index (χ3v) is 5.77. The predicted octanol–water partition coefficient (Wildman–Crippen LogP) is 4.33. The average Bonchev–Trinajstić information content (AvgIpc) is 3.33. The van der Waals surface area contributed by atoms with E-state index in [2.05, 4.69) is 25.9 Å². The number of benzene rings is 1. The summed E-state index contributed by atoms with van der Waals surface area (Å²) < 4.78 is 4.23. The quantitative estimate of drug-likeness (QED) is 0.490. The lowest BCUT2D eigenvalue weighted by Gasteiger charge is -2.15. The second kappa shape index (κ2) is 5.41. The van der Waals surface area contributed by atoms with E-state index in [0.717, 1.165) is 39.7 Å². The molecule has 0 spiro atoms. The van der Waals surface area contributed by atoms with Crippen molar-refractivity contribution in [1.82, 2.24) is 18.9 Å². The third-order valence-electron chi connectivity index (χ3n) is 4.57. The Balaban J connectivity index is 1.99. The first kappa shape index (κ1) is 15.1. The number of hydrogen-bond acceptors (Lipinski definition) is 3. The Morgan fingerprint density at radius 3 is 2.80 bits per heavy atom. The zero-order valence-corrected chi connectivity index (χ0v) is 15.3. The summed E-state index contributed by atoms with van der Waals surface area (Å²) in [5.41, 5.74) is 3.58. The summed E-state index contributed by atoms with van der Waals surface area (Å²) in [5.74, 6) is 0.421. The van der Waals surface area contributed by atoms with Gasteiger partial charge in [0.1, 0.15) is 0 Å². The molecule has 3 heterocycles. The summed E-state index contributed by atoms with van der Waals surface area (Å²) in [6.07, 6.45) is 7.40. The van der Waals surface area contributed by atoms with Crippen LogP contribution in [0.25, 0.3) is 22.4 Å². The van der Waals surface area contributed by atoms with Gasteiger partial charge in [0.05, 0.1) is 27.4 Å². The summed E-state index contributed by atoms with van der Waals surface area (Å²) in [5, 5.41) is 0.585. The monoisotopic (exact) mass is 414 g/mol. The molecule has 1 aromatic carbocycles. The van der Waals surface area contributed by atoms with Crippen molar-refractivity contribution in [2.24, 2.45) is 0 Å². The molecule has 1 fully saturated rings. The van der Waals surface area contributed by atoms with Gasteiger partial charge in [0.15, 0.2) is 0 Å². The van der Waals surface area contributed by atoms with Crippen LogP contribution < -0.4 is 5.56 Å². The maximum absolute atomic E-state index is 13.2. The predicted molar refractivity (Wildman–Crippen MR) is 101 cm³/mol. The molecule has 7 heteroatoms. The number of imidazole rings is 1. The molecule has 0 saturated heterocycles. The standard InChI is InChI=1S/C18H12BrClN4O/c19-11-8-15-14(9-12(11)20)23-7-6-22-17(23)18(25)24(15)13-2-1-5-21-16(13)10-3-4-10/h1-2,5-10H,3-4H2. The van der Waals surface area contributed by atoms with Crippen LogP contribution in [0, 0.1) is 0 Å². The van der Waals surface area contributed by atoms with Gasteiger partial charge in [-0.05, 0) is 53.0 Å². The fourth-order valence-electron chi connectivity index (χ4n) is 3.27. The normalized spacial score (nSPS) is 14.5. The molecule has 124 valence electrons. The summed E-state index contributed by atoms with van der Waals surface area (Å²) in [6.45, 7) is 0. The third kappa shape index (κ3) is 2.24. The largest absolute Gasteiger partial charge is 0.299 e. The fourth-order valence-corrected chi connectivity index (χ4v) is 3.76. The Labute approximate surface area is 156 Å². The second-order valence-corrected chi connectivity index (χ2v) is 7.46. The minimum Gasteiger partial charge on any atom is -0.293 e. The smallest absolute Gasteiger partial charge is 0.293 e. The van der Waals surface area contributed by atoms with Crippen molar-refractivity contribution in [3.05, 3.63) is 68.4 Å². The van der Waals surface area contributed by atoms with Crippen LogP contribution in [-0.2, 0) is 0 Å². The summed E-state index contributed by atoms with van der Waals surface area (Å²) in [7, 11) is 0. The van der Waals surface area contributed by atoms with Gasteiger partial charge in [-0.25, -0.2) is 4.98 Å². The number of hydrogen-bond donors (Lipinski definition) is 0. The highest BCUT2D eigenvalue weighted by Crippen LogP contribution is 2.41. The first-order valence-electron chi connectivity index (χ1n) is 7.97. The SMILES string of the molecule is O=c1c2nccn2c2cc(Cl)c(Br)cc2n1-c1cccnc1C1CC1. The Morgan fingerprint density at radius 1 is 1.16 bits per heavy atom. The zero-order chi connectivity index (χ0) is 17.1. The van der Waals surface area contributed by atoms with Gasteiger partial charge >= 0.3 is 0 Å². The summed E-state index contributed by atoms with van der Waals surface area (Å²) in [6, 6.07) is 7.53. The summed E-state index contributed by atoms with van der Waals surface area (Å²) >= 11 is 9.78. The van der Waals surface area contributed by atoms with Crippen molar-refractivity contribution in [2.75, 3.05) is 0 Å². The van der Waals surface area contributed by atoms with Gasteiger partial charge in [0.25, 0.3) is 5.56 Å². The van der Waals surface area contributed by atoms with Gasteiger partial charge in [-0.1, -0.05) is 11.6 Å². The van der Waals surface area contributed by atoms with Gasteiger partial charge in [-0.2, -0.15) is 0 Å². The Morgan fingerprint density at radius 2 is 2.00 bits per heavy atom. The highest BCUT2D eigenvalue weighted by Gasteiger charge is 2.29. The van der Waals surface area contributed by atoms with Crippen LogP contribution in [-0.4, -0.2) is 18.9 Å². The lowest BCUT2D eigenvalue weighted by Crippen LogP contribution is -2.23. The Hall–Kier alpha value is -2.18. The van der Waals surface area contributed by atoms with Gasteiger partial charge < -0.3 is 0 Å². The number of fused-ring (bicyclic) bond motifs is 3. The minimum absolute atomic E-state index is 0.165. The maximum atomic E-state index is 13.2. The molecule has 0 N–H and O–H groups in total. The number of halogens is 2. The van der Waals surface area contributed by atoms with E-state index in [1.165, 1.54) is 0 Å². The molecule has 25 heavy (non-hydrogen) atoms. The van der Waals surface area contributed by atoms with E-state index in [9.17, 15) is 4.79 Å². The number of pyridine rings is 1. The van der Waals surface area contributed by atoms with Crippen LogP contribution in [0.4, 0.5) is 0 Å². The van der Waals surface area contributed by atoms with E-state index in [4.69, 9.17) is 11.6 Å². The van der Waals surface area contributed by atoms with E-state index in [1.54, 1.807) is 27.6 Å². The maximum Gasteiger partial charge on any atom is 0.299 e. The van der Waals surface area contributed by atoms with Crippen molar-refractivity contribution in [3.63, 3.8) is 0 Å². The molecular formula is C18H12BrClN4O. The highest BCUT2D eigenvalue weighted by atomic mass is 79.9. The molecule has 1 saturated carbocycles. The Kier molecular flexibility index (Phi) is 3.27. The molecule has 5 nitrogen and oxygen atoms in total. The van der Waals surface area contributed by atoms with Crippen molar-refractivity contribution in [3.8, 4) is 5.69 Å². The molecular weight excluding hydrogens is 404 g/mol. The van der Waals surface area contributed by atoms with E-state index in [1.807, 2.05) is 24.3 Å². The zero-order valence-electron chi connectivity index (χ0n) is 13.0. The Bertz CT molecular complexity index is 1210. The molecule has 0 bridgehead atoms. The van der Waals surface area contributed by atoms with Crippen LogP contribution in [0.15, 0.2) is 52.1 Å². The molecule has 0 aliphatic heterocycles. The lowest BCUT2D eigenvalue weighted by atomic mass is 10.2. The molecule has 1 aliphatic carbocycles. The lowest BCUT2D eigenvalue weighted by molar-refractivity contribution is 0.932. The number of rotatable bonds is 2. The van der Waals surface area contributed by atoms with Crippen molar-refractivity contribution in [2.45, 2.75) is 18.8 Å². The first-order valence-corrected chi connectivity index (χ1v) is 9.14. The molecule has 0 atom stereocenters. The van der Waals surface area contributed by atoms with Gasteiger partial charge in [0.2, 0.25) is 5.65 Å². The molecule has 3 aromatic heterocycles. The van der Waals surface area contributed by atoms with Crippen LogP contribution >= 0.6 is 27.5 Å². The minimum atomic E-state index is -0.165. The fraction of sp³-hybridized carbons (Fsp3) is 0.167. The number of aromatic nitrogens is 4. The van der Waals surface area contributed by atoms with Crippen LogP contribution in [0.2, 0.25) is 5.02 Å². The second-order valence-electron chi connectivity index (χ2n) is 6.20. The molecule has 0 radical (unpaired) electrons. The highest BCUT2D eigenvalue weighted by molar-refractivity contribution is 9.10. The van der Waals surface area contributed by atoms with Crippen LogP contribution in [0.3, 0.4) is 0 Å². The van der Waals surface area contributed by atoms with Crippen LogP contribution in [0.5, 0.6) is 0 Å². The number of nitrogens with zero attached hydrogens (tertiary/aromatic N) is 4. The van der Waals surface area contributed by atoms with Gasteiger partial charge in [-0.3, -0.25) is 18.7 Å². The molecule has 0 amide bonds. The molecule has 1 aliphatic rings. The van der Waals surface area contributed by atoms with Crippen molar-refractivity contribution < 1.29 is 0 Å². The topological polar surface area (TPSA) is 52.2 Å². The van der Waals surface area contributed by atoms with E-state index in [-0.39, 0.29) is 5.56 Å². The van der Waals surface area contributed by atoms with E-state index < -0.39 is 0 Å². The molecule has 5 rings (SSSR count). The van der Waals surface area contributed by atoms with Crippen molar-refractivity contribution in [1.29, 1.82) is 0 Å². The average molecular weight is 416 g/mol. The van der Waals surface area contributed by atoms with Gasteiger partial charge in [0, 0.05) is 29.0 Å². The van der Waals surface area contributed by atoms with E-state index in [0.29, 0.717) is 16.6 Å². The summed E-state index contributed by atoms with van der Waals surface area (Å²) in [4.78, 5) is 22.0. The van der Waals surface area contributed by atoms with Gasteiger partial charge in [-0.15, -0.1) is 0 Å². The van der Waals surface area contributed by atoms with Crippen LogP contribution in [0.1, 0.15) is 24.5 Å². The van der Waals surface area contributed by atoms with E-state index >= 15 is 0 Å². The first-order chi connectivity index (χ1) is 12.1. The molecule has 0 unspecified atom stereocenters. The van der Waals surface area contributed by atoms with Crippen molar-refractivity contribution >= 4 is 44.2 Å².